The van der Waals surface area contributed by atoms with Gasteiger partial charge in [-0.25, -0.2) is 0 Å². The lowest BCUT2D eigenvalue weighted by molar-refractivity contribution is 0.0785. The van der Waals surface area contributed by atoms with Gasteiger partial charge >= 0.3 is 0 Å². The molecule has 0 fully saturated rings. The summed E-state index contributed by atoms with van der Waals surface area (Å²) in [6, 6.07) is 5.70. The van der Waals surface area contributed by atoms with E-state index in [2.05, 4.69) is 0 Å². The van der Waals surface area contributed by atoms with Crippen molar-refractivity contribution in [2.75, 3.05) is 7.11 Å². The first-order chi connectivity index (χ1) is 5.95. The third-order valence-corrected chi connectivity index (χ3v) is 2.10. The standard InChI is InChI=1S/C11H16O2/c1-8-7-9(11(2,3)12)5-6-10(8)13-4/h5-7,12H,1-4H3. The number of hydrogen-bond acceptors (Lipinski definition) is 2. The Morgan fingerprint density at radius 2 is 1.92 bits per heavy atom. The first-order valence-corrected chi connectivity index (χ1v) is 4.32. The van der Waals surface area contributed by atoms with Gasteiger partial charge in [0.1, 0.15) is 5.75 Å². The summed E-state index contributed by atoms with van der Waals surface area (Å²) in [5, 5.41) is 9.74. The van der Waals surface area contributed by atoms with E-state index < -0.39 is 5.60 Å². The van der Waals surface area contributed by atoms with Gasteiger partial charge in [-0.15, -0.1) is 0 Å². The molecule has 1 N–H and O–H groups in total. The van der Waals surface area contributed by atoms with Crippen molar-refractivity contribution in [1.29, 1.82) is 0 Å². The second-order valence-corrected chi connectivity index (χ2v) is 3.74. The molecule has 1 aromatic rings. The van der Waals surface area contributed by atoms with E-state index in [1.165, 1.54) is 0 Å². The molecule has 0 atom stereocenters. The predicted molar refractivity (Wildman–Crippen MR) is 53.0 cm³/mol. The molecule has 0 bridgehead atoms. The molecule has 0 aliphatic heterocycles. The number of aryl methyl sites for hydroxylation is 1. The van der Waals surface area contributed by atoms with Crippen molar-refractivity contribution >= 4 is 0 Å². The zero-order chi connectivity index (χ0) is 10.1. The van der Waals surface area contributed by atoms with E-state index in [9.17, 15) is 5.11 Å². The SMILES string of the molecule is COc1ccc(C(C)(C)O)cc1C. The summed E-state index contributed by atoms with van der Waals surface area (Å²) in [5.74, 6) is 0.855. The molecule has 13 heavy (non-hydrogen) atoms. The molecular weight excluding hydrogens is 164 g/mol. The minimum atomic E-state index is -0.781. The molecule has 0 aromatic heterocycles. The van der Waals surface area contributed by atoms with E-state index >= 15 is 0 Å². The van der Waals surface area contributed by atoms with E-state index in [0.717, 1.165) is 16.9 Å². The molecule has 0 spiro atoms. The fourth-order valence-corrected chi connectivity index (χ4v) is 1.26. The van der Waals surface area contributed by atoms with Gasteiger partial charge in [-0.2, -0.15) is 0 Å². The average molecular weight is 180 g/mol. The Bertz CT molecular complexity index is 297. The topological polar surface area (TPSA) is 29.5 Å². The molecule has 2 nitrogen and oxygen atoms in total. The molecule has 0 saturated carbocycles. The van der Waals surface area contributed by atoms with Crippen molar-refractivity contribution in [3.05, 3.63) is 29.3 Å². The smallest absolute Gasteiger partial charge is 0.121 e. The largest absolute Gasteiger partial charge is 0.496 e. The average Bonchev–Trinajstić information content (AvgIpc) is 2.02. The van der Waals surface area contributed by atoms with Gasteiger partial charge in [0.05, 0.1) is 12.7 Å². The molecule has 0 amide bonds. The van der Waals surface area contributed by atoms with Crippen LogP contribution in [0.15, 0.2) is 18.2 Å². The van der Waals surface area contributed by atoms with Crippen LogP contribution in [0.1, 0.15) is 25.0 Å². The summed E-state index contributed by atoms with van der Waals surface area (Å²) in [6.45, 7) is 5.51. The highest BCUT2D eigenvalue weighted by molar-refractivity contribution is 5.37. The van der Waals surface area contributed by atoms with Crippen LogP contribution in [-0.4, -0.2) is 12.2 Å². The molecule has 1 rings (SSSR count). The van der Waals surface area contributed by atoms with E-state index in [1.807, 2.05) is 25.1 Å². The lowest BCUT2D eigenvalue weighted by Crippen LogP contribution is -2.15. The molecule has 72 valence electrons. The van der Waals surface area contributed by atoms with Crippen molar-refractivity contribution in [3.63, 3.8) is 0 Å². The van der Waals surface area contributed by atoms with Crippen molar-refractivity contribution in [3.8, 4) is 5.75 Å². The molecular formula is C11H16O2. The third-order valence-electron chi connectivity index (χ3n) is 2.10. The maximum absolute atomic E-state index is 9.74. The van der Waals surface area contributed by atoms with Crippen molar-refractivity contribution < 1.29 is 9.84 Å². The Morgan fingerprint density at radius 3 is 2.31 bits per heavy atom. The summed E-state index contributed by atoms with van der Waals surface area (Å²) in [7, 11) is 1.64. The van der Waals surface area contributed by atoms with E-state index in [1.54, 1.807) is 21.0 Å². The van der Waals surface area contributed by atoms with Gasteiger partial charge in [-0.3, -0.25) is 0 Å². The molecule has 0 unspecified atom stereocenters. The van der Waals surface area contributed by atoms with Crippen LogP contribution in [0, 0.1) is 6.92 Å². The van der Waals surface area contributed by atoms with Crippen LogP contribution >= 0.6 is 0 Å². The first-order valence-electron chi connectivity index (χ1n) is 4.32. The van der Waals surface area contributed by atoms with Crippen LogP contribution in [0.25, 0.3) is 0 Å². The monoisotopic (exact) mass is 180 g/mol. The fourth-order valence-electron chi connectivity index (χ4n) is 1.26. The van der Waals surface area contributed by atoms with Gasteiger partial charge in [0, 0.05) is 0 Å². The molecule has 0 aliphatic rings. The number of methoxy groups -OCH3 is 1. The zero-order valence-corrected chi connectivity index (χ0v) is 8.59. The molecule has 0 saturated heterocycles. The molecule has 0 heterocycles. The molecule has 0 aliphatic carbocycles. The van der Waals surface area contributed by atoms with Crippen LogP contribution in [0.2, 0.25) is 0 Å². The minimum Gasteiger partial charge on any atom is -0.496 e. The van der Waals surface area contributed by atoms with Crippen molar-refractivity contribution in [1.82, 2.24) is 0 Å². The maximum Gasteiger partial charge on any atom is 0.121 e. The predicted octanol–water partition coefficient (Wildman–Crippen LogP) is 2.23. The quantitative estimate of drug-likeness (QED) is 0.756. The van der Waals surface area contributed by atoms with E-state index in [-0.39, 0.29) is 0 Å². The highest BCUT2D eigenvalue weighted by atomic mass is 16.5. The summed E-state index contributed by atoms with van der Waals surface area (Å²) >= 11 is 0. The summed E-state index contributed by atoms with van der Waals surface area (Å²) < 4.78 is 5.13. The fraction of sp³-hybridized carbons (Fsp3) is 0.455. The van der Waals surface area contributed by atoms with Gasteiger partial charge in [-0.05, 0) is 44.0 Å². The number of benzene rings is 1. The minimum absolute atomic E-state index is 0.781. The van der Waals surface area contributed by atoms with Gasteiger partial charge in [0.2, 0.25) is 0 Å². The summed E-state index contributed by atoms with van der Waals surface area (Å²) in [4.78, 5) is 0. The molecule has 0 radical (unpaired) electrons. The Hall–Kier alpha value is -1.02. The van der Waals surface area contributed by atoms with Crippen LogP contribution in [0.5, 0.6) is 5.75 Å². The normalized spacial score (nSPS) is 11.5. The lowest BCUT2D eigenvalue weighted by Gasteiger charge is -2.18. The van der Waals surface area contributed by atoms with Gasteiger partial charge in [0.15, 0.2) is 0 Å². The Balaban J connectivity index is 3.10. The highest BCUT2D eigenvalue weighted by Crippen LogP contribution is 2.25. The summed E-state index contributed by atoms with van der Waals surface area (Å²) in [5.41, 5.74) is 1.17. The van der Waals surface area contributed by atoms with Gasteiger partial charge in [-0.1, -0.05) is 6.07 Å². The van der Waals surface area contributed by atoms with Gasteiger partial charge < -0.3 is 9.84 Å². The zero-order valence-electron chi connectivity index (χ0n) is 8.59. The van der Waals surface area contributed by atoms with Crippen molar-refractivity contribution in [2.45, 2.75) is 26.4 Å². The van der Waals surface area contributed by atoms with Crippen LogP contribution in [0.3, 0.4) is 0 Å². The number of ether oxygens (including phenoxy) is 1. The maximum atomic E-state index is 9.74. The Morgan fingerprint density at radius 1 is 1.31 bits per heavy atom. The first kappa shape index (κ1) is 10.1. The Labute approximate surface area is 79.2 Å². The summed E-state index contributed by atoms with van der Waals surface area (Å²) in [6.07, 6.45) is 0. The highest BCUT2D eigenvalue weighted by Gasteiger charge is 2.16. The second-order valence-electron chi connectivity index (χ2n) is 3.74. The van der Waals surface area contributed by atoms with Crippen LogP contribution in [0.4, 0.5) is 0 Å². The second kappa shape index (κ2) is 3.38. The molecule has 1 aromatic carbocycles. The Kier molecular flexibility index (Phi) is 2.62. The van der Waals surface area contributed by atoms with Crippen LogP contribution < -0.4 is 4.74 Å². The number of rotatable bonds is 2. The van der Waals surface area contributed by atoms with Crippen LogP contribution in [-0.2, 0) is 5.60 Å². The number of aliphatic hydroxyl groups is 1. The third kappa shape index (κ3) is 2.22. The lowest BCUT2D eigenvalue weighted by atomic mass is 9.96. The number of hydrogen-bond donors (Lipinski definition) is 1. The van der Waals surface area contributed by atoms with Gasteiger partial charge in [0.25, 0.3) is 0 Å². The van der Waals surface area contributed by atoms with E-state index in [0.29, 0.717) is 0 Å². The molecule has 2 heteroatoms. The van der Waals surface area contributed by atoms with Crippen molar-refractivity contribution in [2.24, 2.45) is 0 Å². The van der Waals surface area contributed by atoms with E-state index in [4.69, 9.17) is 4.74 Å².